The van der Waals surface area contributed by atoms with Gasteiger partial charge in [-0.3, -0.25) is 4.79 Å². The van der Waals surface area contributed by atoms with Crippen LogP contribution in [0.4, 0.5) is 30.7 Å². The number of carbonyl (C=O) groups is 1. The van der Waals surface area contributed by atoms with Crippen molar-refractivity contribution >= 4 is 5.91 Å². The van der Waals surface area contributed by atoms with Gasteiger partial charge in [0.2, 0.25) is 5.82 Å². The average Bonchev–Trinajstić information content (AvgIpc) is 3.23. The monoisotopic (exact) mass is 462 g/mol. The normalized spacial score (nSPS) is 14.2. The van der Waals surface area contributed by atoms with Crippen molar-refractivity contribution in [2.24, 2.45) is 0 Å². The van der Waals surface area contributed by atoms with E-state index < -0.39 is 75.9 Å². The minimum absolute atomic E-state index is 0.445. The van der Waals surface area contributed by atoms with Crippen LogP contribution in [0.25, 0.3) is 0 Å². The maximum absolute atomic E-state index is 14.5. The number of hydrogen-bond acceptors (Lipinski definition) is 4. The van der Waals surface area contributed by atoms with Gasteiger partial charge < -0.3 is 10.4 Å². The fourth-order valence-electron chi connectivity index (χ4n) is 3.05. The van der Waals surface area contributed by atoms with Crippen LogP contribution in [0.5, 0.6) is 0 Å². The number of aromatic nitrogens is 3. The Kier molecular flexibility index (Phi) is 6.21. The minimum atomic E-state index is -2.46. The van der Waals surface area contributed by atoms with Gasteiger partial charge in [0, 0.05) is 11.6 Å². The minimum Gasteiger partial charge on any atom is -0.381 e. The molecule has 0 saturated heterocycles. The summed E-state index contributed by atoms with van der Waals surface area (Å²) >= 11 is 0. The van der Waals surface area contributed by atoms with Gasteiger partial charge >= 0.3 is 0 Å². The van der Waals surface area contributed by atoms with Crippen molar-refractivity contribution in [2.75, 3.05) is 0 Å². The molecule has 1 aromatic heterocycles. The van der Waals surface area contributed by atoms with E-state index in [-0.39, 0.29) is 0 Å². The van der Waals surface area contributed by atoms with Crippen LogP contribution >= 0.6 is 0 Å². The summed E-state index contributed by atoms with van der Waals surface area (Å²) in [7, 11) is 0. The number of carbonyl (C=O) groups excluding carboxylic acids is 1. The molecule has 0 radical (unpaired) electrons. The predicted octanol–water partition coefficient (Wildman–Crippen LogP) is 2.96. The summed E-state index contributed by atoms with van der Waals surface area (Å²) in [6.07, 6.45) is 2.19. The number of nitrogens with one attached hydrogen (secondary N) is 1. The van der Waals surface area contributed by atoms with Gasteiger partial charge in [0.15, 0.2) is 23.3 Å². The van der Waals surface area contributed by atoms with Crippen LogP contribution in [0.1, 0.15) is 22.8 Å². The van der Waals surface area contributed by atoms with Gasteiger partial charge in [-0.2, -0.15) is 5.10 Å². The fraction of sp³-hybridized carbons (Fsp3) is 0.211. The topological polar surface area (TPSA) is 80.0 Å². The molecule has 2 atom stereocenters. The van der Waals surface area contributed by atoms with Crippen molar-refractivity contribution < 1.29 is 40.6 Å². The van der Waals surface area contributed by atoms with Crippen molar-refractivity contribution in [1.29, 1.82) is 0 Å². The van der Waals surface area contributed by atoms with Gasteiger partial charge in [-0.05, 0) is 13.0 Å². The molecule has 0 bridgehead atoms. The van der Waals surface area contributed by atoms with Gasteiger partial charge in [-0.25, -0.2) is 40.4 Å². The first kappa shape index (κ1) is 23.2. The Bertz CT molecular complexity index is 1140. The van der Waals surface area contributed by atoms with E-state index in [0.717, 1.165) is 36.4 Å². The van der Waals surface area contributed by atoms with E-state index >= 15 is 0 Å². The molecule has 0 aliphatic carbocycles. The van der Waals surface area contributed by atoms with Crippen LogP contribution in [-0.4, -0.2) is 31.8 Å². The second-order valence-electron chi connectivity index (χ2n) is 6.78. The van der Waals surface area contributed by atoms with Crippen LogP contribution in [0.2, 0.25) is 0 Å². The maximum Gasteiger partial charge on any atom is 0.257 e. The molecule has 2 unspecified atom stereocenters. The van der Waals surface area contributed by atoms with E-state index in [1.807, 2.05) is 5.32 Å². The van der Waals surface area contributed by atoms with Crippen molar-refractivity contribution in [3.05, 3.63) is 82.7 Å². The molecule has 13 heteroatoms. The molecule has 0 saturated carbocycles. The lowest BCUT2D eigenvalue weighted by Gasteiger charge is -2.35. The Labute approximate surface area is 175 Å². The number of benzene rings is 2. The van der Waals surface area contributed by atoms with Gasteiger partial charge in [-0.15, -0.1) is 0 Å². The number of hydrogen-bond donors (Lipinski definition) is 2. The molecular formula is C19H13F7N4O2. The zero-order valence-corrected chi connectivity index (χ0v) is 16.0. The van der Waals surface area contributed by atoms with Crippen molar-refractivity contribution in [3.8, 4) is 0 Å². The third kappa shape index (κ3) is 4.02. The lowest BCUT2D eigenvalue weighted by Crippen LogP contribution is -2.52. The Balaban J connectivity index is 2.03. The second kappa shape index (κ2) is 8.57. The third-order valence-corrected chi connectivity index (χ3v) is 4.77. The van der Waals surface area contributed by atoms with Crippen molar-refractivity contribution in [3.63, 3.8) is 0 Å². The summed E-state index contributed by atoms with van der Waals surface area (Å²) < 4.78 is 96.9. The molecule has 0 aliphatic rings. The molecule has 0 fully saturated rings. The highest BCUT2D eigenvalue weighted by molar-refractivity contribution is 5.95. The lowest BCUT2D eigenvalue weighted by molar-refractivity contribution is -0.0187. The molecule has 1 heterocycles. The van der Waals surface area contributed by atoms with Gasteiger partial charge in [-0.1, -0.05) is 6.07 Å². The van der Waals surface area contributed by atoms with Crippen LogP contribution in [-0.2, 0) is 12.1 Å². The first-order valence-corrected chi connectivity index (χ1v) is 8.80. The SMILES string of the molecule is CC(NC(=O)c1c(F)c(F)c(F)c(F)c1F)C(O)(Cn1cncn1)c1ccc(F)cc1F. The van der Waals surface area contributed by atoms with E-state index in [2.05, 4.69) is 10.1 Å². The molecule has 3 rings (SSSR count). The number of nitrogens with zero attached hydrogens (tertiary/aromatic N) is 3. The number of halogens is 7. The zero-order chi connectivity index (χ0) is 23.8. The van der Waals surface area contributed by atoms with Gasteiger partial charge in [0.1, 0.15) is 35.5 Å². The Morgan fingerprint density at radius 1 is 1.06 bits per heavy atom. The summed E-state index contributed by atoms with van der Waals surface area (Å²) in [6, 6.07) is 0.501. The van der Waals surface area contributed by atoms with Crippen LogP contribution in [0.3, 0.4) is 0 Å². The summed E-state index contributed by atoms with van der Waals surface area (Å²) in [5.41, 5.74) is -4.76. The maximum atomic E-state index is 14.5. The van der Waals surface area contributed by atoms with Crippen LogP contribution in [0.15, 0.2) is 30.9 Å². The van der Waals surface area contributed by atoms with Crippen molar-refractivity contribution in [2.45, 2.75) is 25.1 Å². The predicted molar refractivity (Wildman–Crippen MR) is 93.4 cm³/mol. The molecular weight excluding hydrogens is 449 g/mol. The molecule has 3 aromatic rings. The molecule has 1 amide bonds. The molecule has 0 spiro atoms. The summed E-state index contributed by atoms with van der Waals surface area (Å²) in [5.74, 6) is -15.9. The van der Waals surface area contributed by atoms with Crippen LogP contribution < -0.4 is 5.32 Å². The molecule has 2 aromatic carbocycles. The molecule has 2 N–H and O–H groups in total. The van der Waals surface area contributed by atoms with Crippen molar-refractivity contribution in [1.82, 2.24) is 20.1 Å². The van der Waals surface area contributed by atoms with Gasteiger partial charge in [0.25, 0.3) is 5.91 Å². The summed E-state index contributed by atoms with van der Waals surface area (Å²) in [6.45, 7) is 0.484. The smallest absolute Gasteiger partial charge is 0.257 e. The van der Waals surface area contributed by atoms with E-state index in [4.69, 9.17) is 0 Å². The quantitative estimate of drug-likeness (QED) is 0.336. The van der Waals surface area contributed by atoms with E-state index in [1.165, 1.54) is 0 Å². The lowest BCUT2D eigenvalue weighted by atomic mass is 9.86. The Morgan fingerprint density at radius 2 is 1.66 bits per heavy atom. The highest BCUT2D eigenvalue weighted by atomic mass is 19.2. The number of amides is 1. The second-order valence-corrected chi connectivity index (χ2v) is 6.78. The molecule has 32 heavy (non-hydrogen) atoms. The highest BCUT2D eigenvalue weighted by Crippen LogP contribution is 2.31. The molecule has 170 valence electrons. The first-order valence-electron chi connectivity index (χ1n) is 8.80. The van der Waals surface area contributed by atoms with E-state index in [9.17, 15) is 40.6 Å². The summed E-state index contributed by atoms with van der Waals surface area (Å²) in [5, 5.41) is 16.8. The van der Waals surface area contributed by atoms with Crippen LogP contribution in [0, 0.1) is 40.7 Å². The van der Waals surface area contributed by atoms with Gasteiger partial charge in [0.05, 0.1) is 12.6 Å². The van der Waals surface area contributed by atoms with E-state index in [0.29, 0.717) is 6.07 Å². The molecule has 6 nitrogen and oxygen atoms in total. The van der Waals surface area contributed by atoms with E-state index in [1.54, 1.807) is 0 Å². The Morgan fingerprint density at radius 3 is 2.19 bits per heavy atom. The highest BCUT2D eigenvalue weighted by Gasteiger charge is 2.41. The first-order chi connectivity index (χ1) is 15.0. The Hall–Kier alpha value is -3.48. The third-order valence-electron chi connectivity index (χ3n) is 4.77. The largest absolute Gasteiger partial charge is 0.381 e. The fourth-order valence-corrected chi connectivity index (χ4v) is 3.05. The standard InChI is InChI=1S/C19H13F7N4O2/c1-8(29-18(31)12-13(22)15(24)17(26)16(25)14(12)23)19(32,5-30-7-27-6-28-30)10-3-2-9(20)4-11(10)21/h2-4,6-8,32H,5H2,1H3,(H,29,31). The molecule has 0 aliphatic heterocycles. The summed E-state index contributed by atoms with van der Waals surface area (Å²) in [4.78, 5) is 16.0. The average molecular weight is 462 g/mol. The zero-order valence-electron chi connectivity index (χ0n) is 16.0. The number of aliphatic hydroxyl groups is 1. The number of rotatable bonds is 6.